The molecule has 0 unspecified atom stereocenters. The van der Waals surface area contributed by atoms with Gasteiger partial charge in [0.2, 0.25) is 0 Å². The van der Waals surface area contributed by atoms with Gasteiger partial charge in [0, 0.05) is 44.2 Å². The molecule has 7 heteroatoms. The van der Waals surface area contributed by atoms with E-state index < -0.39 is 5.82 Å². The lowest BCUT2D eigenvalue weighted by Gasteiger charge is -2.06. The number of methoxy groups -OCH3 is 1. The van der Waals surface area contributed by atoms with Crippen molar-refractivity contribution in [1.29, 1.82) is 0 Å². The van der Waals surface area contributed by atoms with Gasteiger partial charge in [-0.3, -0.25) is 0 Å². The summed E-state index contributed by atoms with van der Waals surface area (Å²) in [6, 6.07) is 4.25. The van der Waals surface area contributed by atoms with E-state index in [0.29, 0.717) is 18.9 Å². The van der Waals surface area contributed by atoms with E-state index in [1.807, 2.05) is 0 Å². The lowest BCUT2D eigenvalue weighted by atomic mass is 10.3. The van der Waals surface area contributed by atoms with Gasteiger partial charge >= 0.3 is 6.01 Å². The average Bonchev–Trinajstić information content (AvgIpc) is 2.49. The van der Waals surface area contributed by atoms with Gasteiger partial charge in [0.25, 0.3) is 0 Å². The van der Waals surface area contributed by atoms with E-state index in [-0.39, 0.29) is 11.0 Å². The summed E-state index contributed by atoms with van der Waals surface area (Å²) in [4.78, 5) is 8.17. The molecule has 1 aromatic heterocycles. The molecule has 0 saturated carbocycles. The van der Waals surface area contributed by atoms with Crippen LogP contribution in [0.1, 0.15) is 5.56 Å². The summed E-state index contributed by atoms with van der Waals surface area (Å²) in [6.45, 7) is 2.04. The number of ether oxygens (including phenoxy) is 2. The van der Waals surface area contributed by atoms with Crippen LogP contribution in [0.2, 0.25) is 5.02 Å². The van der Waals surface area contributed by atoms with Crippen molar-refractivity contribution in [3.8, 4) is 11.8 Å². The van der Waals surface area contributed by atoms with Gasteiger partial charge in [-0.05, 0) is 12.1 Å². The largest absolute Gasteiger partial charge is 0.424 e. The van der Waals surface area contributed by atoms with Gasteiger partial charge in [0.15, 0.2) is 0 Å². The lowest BCUT2D eigenvalue weighted by molar-refractivity contribution is 0.199. The molecule has 0 aliphatic rings. The molecule has 0 amide bonds. The Balaban J connectivity index is 1.91. The van der Waals surface area contributed by atoms with E-state index in [0.717, 1.165) is 12.1 Å². The Morgan fingerprint density at radius 3 is 2.71 bits per heavy atom. The van der Waals surface area contributed by atoms with Crippen LogP contribution >= 0.6 is 11.6 Å². The third-order valence-corrected chi connectivity index (χ3v) is 2.88. The van der Waals surface area contributed by atoms with E-state index in [9.17, 15) is 4.39 Å². The molecule has 0 spiro atoms. The van der Waals surface area contributed by atoms with Crippen LogP contribution < -0.4 is 10.1 Å². The number of hydrogen-bond donors (Lipinski definition) is 1. The molecule has 0 bridgehead atoms. The summed E-state index contributed by atoms with van der Waals surface area (Å²) in [5.41, 5.74) is 0.926. The zero-order valence-corrected chi connectivity index (χ0v) is 12.2. The molecule has 0 aliphatic carbocycles. The van der Waals surface area contributed by atoms with Crippen LogP contribution in [0, 0.1) is 5.82 Å². The number of hydrogen-bond acceptors (Lipinski definition) is 5. The Bertz CT molecular complexity index is 581. The second-order valence-electron chi connectivity index (χ2n) is 4.22. The van der Waals surface area contributed by atoms with Crippen molar-refractivity contribution < 1.29 is 13.9 Å². The van der Waals surface area contributed by atoms with Crippen LogP contribution in [0.3, 0.4) is 0 Å². The first-order valence-electron chi connectivity index (χ1n) is 6.32. The summed E-state index contributed by atoms with van der Waals surface area (Å²) in [5.74, 6) is -0.116. The zero-order valence-electron chi connectivity index (χ0n) is 11.5. The molecule has 1 N–H and O–H groups in total. The summed E-state index contributed by atoms with van der Waals surface area (Å²) >= 11 is 5.67. The van der Waals surface area contributed by atoms with Gasteiger partial charge in [0.1, 0.15) is 11.6 Å². The van der Waals surface area contributed by atoms with Gasteiger partial charge in [-0.2, -0.15) is 0 Å². The number of rotatable bonds is 7. The van der Waals surface area contributed by atoms with Crippen molar-refractivity contribution in [2.45, 2.75) is 6.54 Å². The van der Waals surface area contributed by atoms with Crippen molar-refractivity contribution in [1.82, 2.24) is 15.3 Å². The highest BCUT2D eigenvalue weighted by molar-refractivity contribution is 6.30. The van der Waals surface area contributed by atoms with E-state index in [4.69, 9.17) is 21.1 Å². The minimum atomic E-state index is -0.498. The standard InChI is InChI=1S/C14H15ClFN3O2/c1-20-5-4-17-7-10-8-18-14(19-9-10)21-11-2-3-13(16)12(15)6-11/h2-3,6,8-9,17H,4-5,7H2,1H3. The molecule has 0 fully saturated rings. The zero-order chi connectivity index (χ0) is 15.1. The molecule has 0 saturated heterocycles. The van der Waals surface area contributed by atoms with Gasteiger partial charge in [-0.15, -0.1) is 0 Å². The molecule has 0 atom stereocenters. The fraction of sp³-hybridized carbons (Fsp3) is 0.286. The van der Waals surface area contributed by atoms with Gasteiger partial charge < -0.3 is 14.8 Å². The van der Waals surface area contributed by atoms with Crippen molar-refractivity contribution in [3.63, 3.8) is 0 Å². The van der Waals surface area contributed by atoms with Crippen LogP contribution in [-0.4, -0.2) is 30.2 Å². The first-order chi connectivity index (χ1) is 10.2. The van der Waals surface area contributed by atoms with Crippen LogP contribution in [-0.2, 0) is 11.3 Å². The lowest BCUT2D eigenvalue weighted by Crippen LogP contribution is -2.18. The molecular formula is C14H15ClFN3O2. The Kier molecular flexibility index (Phi) is 5.86. The third kappa shape index (κ3) is 4.93. The van der Waals surface area contributed by atoms with Crippen molar-refractivity contribution in [3.05, 3.63) is 47.0 Å². The summed E-state index contributed by atoms with van der Waals surface area (Å²) in [6.07, 6.45) is 3.32. The van der Waals surface area contributed by atoms with Gasteiger partial charge in [-0.1, -0.05) is 11.6 Å². The van der Waals surface area contributed by atoms with Crippen molar-refractivity contribution in [2.75, 3.05) is 20.3 Å². The van der Waals surface area contributed by atoms with E-state index in [1.54, 1.807) is 19.5 Å². The molecule has 112 valence electrons. The molecule has 2 aromatic rings. The van der Waals surface area contributed by atoms with E-state index in [2.05, 4.69) is 15.3 Å². The van der Waals surface area contributed by atoms with Crippen LogP contribution in [0.15, 0.2) is 30.6 Å². The highest BCUT2D eigenvalue weighted by Crippen LogP contribution is 2.23. The topological polar surface area (TPSA) is 56.3 Å². The number of benzene rings is 1. The smallest absolute Gasteiger partial charge is 0.321 e. The highest BCUT2D eigenvalue weighted by Gasteiger charge is 2.05. The fourth-order valence-corrected chi connectivity index (χ4v) is 1.71. The summed E-state index contributed by atoms with van der Waals surface area (Å²) < 4.78 is 23.4. The second-order valence-corrected chi connectivity index (χ2v) is 4.63. The van der Waals surface area contributed by atoms with E-state index in [1.165, 1.54) is 18.2 Å². The normalized spacial score (nSPS) is 10.6. The molecule has 1 heterocycles. The minimum absolute atomic E-state index is 0.00790. The molecule has 1 aromatic carbocycles. The molecule has 0 radical (unpaired) electrons. The van der Waals surface area contributed by atoms with Crippen molar-refractivity contribution >= 4 is 11.6 Å². The number of aromatic nitrogens is 2. The number of halogens is 2. The minimum Gasteiger partial charge on any atom is -0.424 e. The Morgan fingerprint density at radius 1 is 1.29 bits per heavy atom. The molecular weight excluding hydrogens is 297 g/mol. The monoisotopic (exact) mass is 311 g/mol. The SMILES string of the molecule is COCCNCc1cnc(Oc2ccc(F)c(Cl)c2)nc1. The predicted octanol–water partition coefficient (Wildman–Crippen LogP) is 2.80. The maximum atomic E-state index is 13.0. The van der Waals surface area contributed by atoms with Gasteiger partial charge in [-0.25, -0.2) is 14.4 Å². The fourth-order valence-electron chi connectivity index (χ4n) is 1.54. The summed E-state index contributed by atoms with van der Waals surface area (Å²) in [5, 5.41) is 3.17. The van der Waals surface area contributed by atoms with Crippen LogP contribution in [0.4, 0.5) is 4.39 Å². The van der Waals surface area contributed by atoms with E-state index >= 15 is 0 Å². The first kappa shape index (κ1) is 15.6. The summed E-state index contributed by atoms with van der Waals surface area (Å²) in [7, 11) is 1.65. The number of nitrogens with one attached hydrogen (secondary N) is 1. The Hall–Kier alpha value is -1.76. The first-order valence-corrected chi connectivity index (χ1v) is 6.70. The maximum Gasteiger partial charge on any atom is 0.321 e. The predicted molar refractivity (Wildman–Crippen MR) is 77.1 cm³/mol. The van der Waals surface area contributed by atoms with Crippen LogP contribution in [0.5, 0.6) is 11.8 Å². The van der Waals surface area contributed by atoms with Crippen molar-refractivity contribution in [2.24, 2.45) is 0 Å². The third-order valence-electron chi connectivity index (χ3n) is 2.59. The maximum absolute atomic E-state index is 13.0. The van der Waals surface area contributed by atoms with Crippen LogP contribution in [0.25, 0.3) is 0 Å². The second kappa shape index (κ2) is 7.87. The Labute approximate surface area is 127 Å². The molecule has 0 aliphatic heterocycles. The average molecular weight is 312 g/mol. The quantitative estimate of drug-likeness (QED) is 0.797. The molecule has 2 rings (SSSR count). The highest BCUT2D eigenvalue weighted by atomic mass is 35.5. The molecule has 5 nitrogen and oxygen atoms in total. The number of nitrogens with zero attached hydrogens (tertiary/aromatic N) is 2. The Morgan fingerprint density at radius 2 is 2.05 bits per heavy atom. The molecule has 21 heavy (non-hydrogen) atoms. The van der Waals surface area contributed by atoms with Gasteiger partial charge in [0.05, 0.1) is 11.6 Å².